The minimum atomic E-state index is 0.490. The van der Waals surface area contributed by atoms with E-state index in [1.165, 1.54) is 0 Å². The van der Waals surface area contributed by atoms with Crippen LogP contribution >= 0.6 is 0 Å². The van der Waals surface area contributed by atoms with Gasteiger partial charge in [-0.1, -0.05) is 29.4 Å². The largest absolute Gasteiger partial charge is 0.339 e. The molecule has 5 nitrogen and oxygen atoms in total. The summed E-state index contributed by atoms with van der Waals surface area (Å²) in [6.07, 6.45) is 3.57. The number of pyridine rings is 1. The maximum Gasteiger partial charge on any atom is 0.227 e. The molecule has 2 aromatic heterocycles. The first-order chi connectivity index (χ1) is 9.88. The van der Waals surface area contributed by atoms with E-state index >= 15 is 0 Å². The molecular weight excluding hydrogens is 252 g/mol. The Bertz CT molecular complexity index is 767. The molecule has 0 unspecified atom stereocenters. The van der Waals surface area contributed by atoms with Crippen molar-refractivity contribution in [2.45, 2.75) is 19.3 Å². The van der Waals surface area contributed by atoms with Gasteiger partial charge in [0.05, 0.1) is 6.07 Å². The molecule has 0 spiro atoms. The summed E-state index contributed by atoms with van der Waals surface area (Å²) in [5.41, 5.74) is 0.721. The Hall–Kier alpha value is -2.74. The Kier molecular flexibility index (Phi) is 3.38. The number of unbranched alkanes of at least 4 members (excludes halogenated alkanes) is 1. The minimum Gasteiger partial charge on any atom is -0.339 e. The molecule has 0 aliphatic rings. The van der Waals surface area contributed by atoms with Crippen LogP contribution in [-0.2, 0) is 6.42 Å². The normalized spacial score (nSPS) is 10.6. The van der Waals surface area contributed by atoms with Crippen molar-refractivity contribution >= 4 is 10.8 Å². The summed E-state index contributed by atoms with van der Waals surface area (Å²) in [7, 11) is 0. The number of nitriles is 1. The lowest BCUT2D eigenvalue weighted by molar-refractivity contribution is 0.376. The van der Waals surface area contributed by atoms with E-state index in [0.29, 0.717) is 24.6 Å². The molecule has 3 rings (SSSR count). The lowest BCUT2D eigenvalue weighted by Crippen LogP contribution is -1.89. The van der Waals surface area contributed by atoms with Gasteiger partial charge in [-0.3, -0.25) is 4.98 Å². The maximum atomic E-state index is 8.52. The number of hydrogen-bond acceptors (Lipinski definition) is 5. The Balaban J connectivity index is 1.94. The van der Waals surface area contributed by atoms with E-state index in [2.05, 4.69) is 21.2 Å². The second kappa shape index (κ2) is 5.49. The third kappa shape index (κ3) is 2.36. The summed E-state index contributed by atoms with van der Waals surface area (Å²) < 4.78 is 5.20. The summed E-state index contributed by atoms with van der Waals surface area (Å²) in [5.74, 6) is 1.04. The standard InChI is InChI=1S/C15H12N4O/c16-9-4-3-7-13-18-15(19-20-13)14-12-6-2-1-5-11(12)8-10-17-14/h1-2,5-6,8,10H,3-4,7H2. The molecule has 0 saturated carbocycles. The van der Waals surface area contributed by atoms with Crippen LogP contribution in [0.15, 0.2) is 41.1 Å². The van der Waals surface area contributed by atoms with Crippen molar-refractivity contribution in [3.8, 4) is 17.6 Å². The molecule has 98 valence electrons. The zero-order valence-electron chi connectivity index (χ0n) is 10.8. The van der Waals surface area contributed by atoms with Crippen LogP contribution in [0.1, 0.15) is 18.7 Å². The lowest BCUT2D eigenvalue weighted by Gasteiger charge is -2.00. The van der Waals surface area contributed by atoms with Gasteiger partial charge in [0.15, 0.2) is 0 Å². The molecule has 1 aromatic carbocycles. The zero-order chi connectivity index (χ0) is 13.8. The molecule has 0 N–H and O–H groups in total. The molecule has 20 heavy (non-hydrogen) atoms. The summed E-state index contributed by atoms with van der Waals surface area (Å²) >= 11 is 0. The fourth-order valence-corrected chi connectivity index (χ4v) is 2.07. The molecule has 0 aliphatic heterocycles. The molecule has 0 fully saturated rings. The fraction of sp³-hybridized carbons (Fsp3) is 0.200. The van der Waals surface area contributed by atoms with Gasteiger partial charge in [0.1, 0.15) is 5.69 Å². The van der Waals surface area contributed by atoms with Crippen molar-refractivity contribution in [3.63, 3.8) is 0 Å². The van der Waals surface area contributed by atoms with Crippen LogP contribution in [0, 0.1) is 11.3 Å². The number of aromatic nitrogens is 3. The molecule has 0 amide bonds. The third-order valence-electron chi connectivity index (χ3n) is 3.03. The molecule has 0 aliphatic carbocycles. The average Bonchev–Trinajstić information content (AvgIpc) is 2.96. The number of benzene rings is 1. The molecule has 0 saturated heterocycles. The molecular formula is C15H12N4O. The van der Waals surface area contributed by atoms with Gasteiger partial charge in [0.25, 0.3) is 0 Å². The Morgan fingerprint density at radius 3 is 3.00 bits per heavy atom. The summed E-state index contributed by atoms with van der Waals surface area (Å²) in [6, 6.07) is 12.0. The second-order valence-electron chi connectivity index (χ2n) is 4.40. The first-order valence-electron chi connectivity index (χ1n) is 6.42. The van der Waals surface area contributed by atoms with E-state index < -0.39 is 0 Å². The van der Waals surface area contributed by atoms with Gasteiger partial charge in [-0.2, -0.15) is 10.2 Å². The van der Waals surface area contributed by atoms with Crippen LogP contribution in [0.2, 0.25) is 0 Å². The van der Waals surface area contributed by atoms with E-state index in [0.717, 1.165) is 22.9 Å². The summed E-state index contributed by atoms with van der Waals surface area (Å²) in [5, 5.41) is 14.6. The fourth-order valence-electron chi connectivity index (χ4n) is 2.07. The van der Waals surface area contributed by atoms with Crippen molar-refractivity contribution < 1.29 is 4.52 Å². The average molecular weight is 264 g/mol. The molecule has 2 heterocycles. The van der Waals surface area contributed by atoms with Gasteiger partial charge >= 0.3 is 0 Å². The van der Waals surface area contributed by atoms with Crippen LogP contribution < -0.4 is 0 Å². The lowest BCUT2D eigenvalue weighted by atomic mass is 10.1. The Labute approximate surface area is 115 Å². The summed E-state index contributed by atoms with van der Waals surface area (Å²) in [4.78, 5) is 8.70. The van der Waals surface area contributed by atoms with Crippen molar-refractivity contribution in [2.75, 3.05) is 0 Å². The molecule has 0 atom stereocenters. The number of rotatable bonds is 4. The van der Waals surface area contributed by atoms with E-state index in [-0.39, 0.29) is 0 Å². The van der Waals surface area contributed by atoms with Crippen LogP contribution in [0.3, 0.4) is 0 Å². The van der Waals surface area contributed by atoms with Crippen LogP contribution in [-0.4, -0.2) is 15.1 Å². The van der Waals surface area contributed by atoms with E-state index in [4.69, 9.17) is 9.78 Å². The molecule has 3 aromatic rings. The quantitative estimate of drug-likeness (QED) is 0.676. The number of nitrogens with zero attached hydrogens (tertiary/aromatic N) is 4. The Morgan fingerprint density at radius 2 is 2.10 bits per heavy atom. The van der Waals surface area contributed by atoms with Crippen LogP contribution in [0.5, 0.6) is 0 Å². The predicted octanol–water partition coefficient (Wildman–Crippen LogP) is 3.13. The van der Waals surface area contributed by atoms with Gasteiger partial charge < -0.3 is 4.52 Å². The third-order valence-corrected chi connectivity index (χ3v) is 3.03. The van der Waals surface area contributed by atoms with Crippen molar-refractivity contribution in [3.05, 3.63) is 42.4 Å². The van der Waals surface area contributed by atoms with Crippen LogP contribution in [0.4, 0.5) is 0 Å². The van der Waals surface area contributed by atoms with Crippen molar-refractivity contribution in [1.29, 1.82) is 5.26 Å². The smallest absolute Gasteiger partial charge is 0.227 e. The predicted molar refractivity (Wildman–Crippen MR) is 73.6 cm³/mol. The van der Waals surface area contributed by atoms with Gasteiger partial charge in [-0.05, 0) is 17.9 Å². The first-order valence-corrected chi connectivity index (χ1v) is 6.42. The van der Waals surface area contributed by atoms with E-state index in [9.17, 15) is 0 Å². The minimum absolute atomic E-state index is 0.490. The zero-order valence-corrected chi connectivity index (χ0v) is 10.8. The summed E-state index contributed by atoms with van der Waals surface area (Å²) in [6.45, 7) is 0. The van der Waals surface area contributed by atoms with Gasteiger partial charge in [0.2, 0.25) is 11.7 Å². The van der Waals surface area contributed by atoms with Crippen molar-refractivity contribution in [2.24, 2.45) is 0 Å². The Morgan fingerprint density at radius 1 is 1.20 bits per heavy atom. The number of hydrogen-bond donors (Lipinski definition) is 0. The molecule has 0 radical (unpaired) electrons. The first kappa shape index (κ1) is 12.3. The number of fused-ring (bicyclic) bond motifs is 1. The van der Waals surface area contributed by atoms with E-state index in [1.54, 1.807) is 6.20 Å². The van der Waals surface area contributed by atoms with E-state index in [1.807, 2.05) is 30.3 Å². The highest BCUT2D eigenvalue weighted by molar-refractivity contribution is 5.92. The highest BCUT2D eigenvalue weighted by Gasteiger charge is 2.12. The molecule has 5 heteroatoms. The maximum absolute atomic E-state index is 8.52. The number of aryl methyl sites for hydroxylation is 1. The molecule has 0 bridgehead atoms. The highest BCUT2D eigenvalue weighted by atomic mass is 16.5. The van der Waals surface area contributed by atoms with Gasteiger partial charge in [-0.25, -0.2) is 0 Å². The van der Waals surface area contributed by atoms with Crippen molar-refractivity contribution in [1.82, 2.24) is 15.1 Å². The second-order valence-corrected chi connectivity index (χ2v) is 4.40. The van der Waals surface area contributed by atoms with Gasteiger partial charge in [0, 0.05) is 24.4 Å². The van der Waals surface area contributed by atoms with Crippen LogP contribution in [0.25, 0.3) is 22.3 Å². The highest BCUT2D eigenvalue weighted by Crippen LogP contribution is 2.24. The topological polar surface area (TPSA) is 75.6 Å². The van der Waals surface area contributed by atoms with Gasteiger partial charge in [-0.15, -0.1) is 0 Å². The monoisotopic (exact) mass is 264 g/mol. The SMILES string of the molecule is N#CCCCc1nc(-c2nccc3ccccc23)no1.